The summed E-state index contributed by atoms with van der Waals surface area (Å²) in [5.74, 6) is -4.19. The molecule has 0 saturated heterocycles. The molecule has 0 aromatic heterocycles. The van der Waals surface area contributed by atoms with Gasteiger partial charge in [0.2, 0.25) is 0 Å². The van der Waals surface area contributed by atoms with Crippen molar-refractivity contribution >= 4 is 10.1 Å². The summed E-state index contributed by atoms with van der Waals surface area (Å²) >= 11 is 0. The van der Waals surface area contributed by atoms with E-state index >= 15 is 0 Å². The molecule has 0 aliphatic rings. The summed E-state index contributed by atoms with van der Waals surface area (Å²) in [7, 11) is -2.88. The molecule has 9 heteroatoms. The van der Waals surface area contributed by atoms with E-state index in [0.717, 1.165) is 0 Å². The van der Waals surface area contributed by atoms with Crippen molar-refractivity contribution in [3.8, 4) is 0 Å². The molecule has 0 saturated carbocycles. The van der Waals surface area contributed by atoms with Crippen molar-refractivity contribution in [2.75, 3.05) is 12.8 Å². The molecule has 0 aliphatic heterocycles. The van der Waals surface area contributed by atoms with Crippen molar-refractivity contribution in [1.29, 1.82) is 0 Å². The van der Waals surface area contributed by atoms with E-state index in [2.05, 4.69) is 5.73 Å². The lowest BCUT2D eigenvalue weighted by atomic mass is 10.2. The molecule has 8 nitrogen and oxygen atoms in total. The van der Waals surface area contributed by atoms with Crippen molar-refractivity contribution in [3.63, 3.8) is 0 Å². The van der Waals surface area contributed by atoms with Crippen LogP contribution in [0.2, 0.25) is 0 Å². The first-order valence-electron chi connectivity index (χ1n) is 3.48. The molecule has 0 bridgehead atoms. The molecule has 0 spiro atoms. The zero-order valence-corrected chi connectivity index (χ0v) is 8.35. The molecule has 0 rings (SSSR count). The molecule has 14 heavy (non-hydrogen) atoms. The highest BCUT2D eigenvalue weighted by Gasteiger charge is 2.26. The zero-order chi connectivity index (χ0) is 12.0. The quantitative estimate of drug-likeness (QED) is 0.219. The number of rotatable bonds is 4. The molecule has 0 radical (unpaired) electrons. The van der Waals surface area contributed by atoms with E-state index in [0.29, 0.717) is 0 Å². The average Bonchev–Trinajstić information content (AvgIpc) is 1.82. The Hall–Kier alpha value is -0.290. The van der Waals surface area contributed by atoms with Gasteiger partial charge in [-0.25, -0.2) is 0 Å². The van der Waals surface area contributed by atoms with Crippen LogP contribution in [0, 0.1) is 0 Å². The topological polar surface area (TPSA) is 161 Å². The third-order valence-electron chi connectivity index (χ3n) is 0.912. The third-order valence-corrected chi connectivity index (χ3v) is 1.72. The molecule has 7 N–H and O–H groups in total. The van der Waals surface area contributed by atoms with Gasteiger partial charge in [0, 0.05) is 0 Å². The molecule has 0 fully saturated rings. The zero-order valence-electron chi connectivity index (χ0n) is 7.53. The smallest absolute Gasteiger partial charge is 0.277 e. The van der Waals surface area contributed by atoms with Gasteiger partial charge in [-0.05, 0) is 7.05 Å². The van der Waals surface area contributed by atoms with Gasteiger partial charge in [0.05, 0.1) is 12.5 Å². The number of aliphatic hydroxyl groups is 4. The number of aliphatic hydroxyl groups excluding tert-OH is 1. The highest BCUT2D eigenvalue weighted by molar-refractivity contribution is 7.85. The Bertz CT molecular complexity index is 231. The first kappa shape index (κ1) is 16.2. The highest BCUT2D eigenvalue weighted by atomic mass is 32.2. The number of hydrogen-bond acceptors (Lipinski definition) is 7. The fourth-order valence-electron chi connectivity index (χ4n) is 0.618. The summed E-state index contributed by atoms with van der Waals surface area (Å²) in [5.41, 5.74) is 4.50. The van der Waals surface area contributed by atoms with Gasteiger partial charge < -0.3 is 26.2 Å². The van der Waals surface area contributed by atoms with Crippen LogP contribution in [0.5, 0.6) is 0 Å². The van der Waals surface area contributed by atoms with Gasteiger partial charge in [0.1, 0.15) is 5.75 Å². The minimum Gasteiger partial charge on any atom is -0.392 e. The Morgan fingerprint density at radius 2 is 1.64 bits per heavy atom. The lowest BCUT2D eigenvalue weighted by Crippen LogP contribution is -2.35. The van der Waals surface area contributed by atoms with Crippen molar-refractivity contribution in [2.45, 2.75) is 18.5 Å². The van der Waals surface area contributed by atoms with Crippen LogP contribution < -0.4 is 5.73 Å². The maximum Gasteiger partial charge on any atom is 0.277 e. The molecule has 0 aromatic rings. The maximum atomic E-state index is 10.1. The van der Waals surface area contributed by atoms with Gasteiger partial charge in [-0.1, -0.05) is 0 Å². The van der Waals surface area contributed by atoms with Gasteiger partial charge in [-0.2, -0.15) is 8.42 Å². The monoisotopic (exact) mass is 233 g/mol. The second-order valence-corrected chi connectivity index (χ2v) is 3.88. The van der Waals surface area contributed by atoms with Crippen LogP contribution in [0.25, 0.3) is 0 Å². The largest absolute Gasteiger partial charge is 0.392 e. The van der Waals surface area contributed by atoms with Gasteiger partial charge >= 0.3 is 0 Å². The summed E-state index contributed by atoms with van der Waals surface area (Å²) in [5, 5.41) is 33.5. The summed E-state index contributed by atoms with van der Waals surface area (Å²) in [4.78, 5) is 0. The number of nitrogens with two attached hydrogens (primary N) is 1. The average molecular weight is 233 g/mol. The van der Waals surface area contributed by atoms with E-state index in [4.69, 9.17) is 25.0 Å². The van der Waals surface area contributed by atoms with Crippen molar-refractivity contribution in [1.82, 2.24) is 0 Å². The fraction of sp³-hybridized carbons (Fsp3) is 1.00. The maximum absolute atomic E-state index is 10.1. The van der Waals surface area contributed by atoms with Crippen molar-refractivity contribution in [2.24, 2.45) is 5.73 Å². The normalized spacial score (nSPS) is 14.2. The molecular formula is C5H15NO7S. The Balaban J connectivity index is 0. The van der Waals surface area contributed by atoms with E-state index in [1.807, 2.05) is 0 Å². The molecule has 0 heterocycles. The highest BCUT2D eigenvalue weighted by Crippen LogP contribution is 2.06. The second-order valence-electron chi connectivity index (χ2n) is 2.38. The minimum atomic E-state index is -4.38. The molecule has 88 valence electrons. The molecule has 0 aromatic carbocycles. The van der Waals surface area contributed by atoms with Crippen LogP contribution in [0.4, 0.5) is 0 Å². The van der Waals surface area contributed by atoms with E-state index in [1.165, 1.54) is 7.05 Å². The molecule has 1 unspecified atom stereocenters. The van der Waals surface area contributed by atoms with Crippen LogP contribution in [0.1, 0.15) is 6.42 Å². The first-order valence-corrected chi connectivity index (χ1v) is 5.09. The van der Waals surface area contributed by atoms with Crippen LogP contribution in [0.3, 0.4) is 0 Å². The summed E-state index contributed by atoms with van der Waals surface area (Å²) in [6.07, 6.45) is -2.72. The van der Waals surface area contributed by atoms with E-state index in [9.17, 15) is 8.42 Å². The predicted molar refractivity (Wildman–Crippen MR) is 46.5 cm³/mol. The van der Waals surface area contributed by atoms with Gasteiger partial charge in [0.15, 0.2) is 0 Å². The Morgan fingerprint density at radius 1 is 1.29 bits per heavy atom. The minimum absolute atomic E-state index is 0.979. The van der Waals surface area contributed by atoms with E-state index in [1.54, 1.807) is 0 Å². The van der Waals surface area contributed by atoms with Gasteiger partial charge in [-0.3, -0.25) is 4.55 Å². The second kappa shape index (κ2) is 6.24. The lowest BCUT2D eigenvalue weighted by molar-refractivity contribution is -0.321. The predicted octanol–water partition coefficient (Wildman–Crippen LogP) is -3.17. The summed E-state index contributed by atoms with van der Waals surface area (Å²) in [6.45, 7) is 0. The van der Waals surface area contributed by atoms with Gasteiger partial charge in [-0.15, -0.1) is 0 Å². The molecule has 0 amide bonds. The lowest BCUT2D eigenvalue weighted by Gasteiger charge is -2.16. The van der Waals surface area contributed by atoms with Crippen LogP contribution in [-0.2, 0) is 10.1 Å². The Kier molecular flexibility index (Phi) is 7.20. The Labute approximate surface area is 81.4 Å². The van der Waals surface area contributed by atoms with Crippen LogP contribution in [-0.4, -0.2) is 58.3 Å². The molecular weight excluding hydrogens is 218 g/mol. The van der Waals surface area contributed by atoms with Crippen molar-refractivity contribution < 1.29 is 33.4 Å². The standard InChI is InChI=1S/C4H10O7S.CH5N/c5-3(1-4(6,7)8)2-12(9,10)11;1-2/h3,5-8H,1-2H2,(H,9,10,11);2H2,1H3. The number of hydrogen-bond donors (Lipinski definition) is 6. The fourth-order valence-corrected chi connectivity index (χ4v) is 1.22. The van der Waals surface area contributed by atoms with E-state index < -0.39 is 34.4 Å². The van der Waals surface area contributed by atoms with E-state index in [-0.39, 0.29) is 0 Å². The summed E-state index contributed by atoms with van der Waals surface area (Å²) < 4.78 is 28.3. The molecule has 0 aliphatic carbocycles. The molecule has 1 atom stereocenters. The van der Waals surface area contributed by atoms with Crippen molar-refractivity contribution in [3.05, 3.63) is 0 Å². The first-order chi connectivity index (χ1) is 6.10. The van der Waals surface area contributed by atoms with Crippen LogP contribution in [0.15, 0.2) is 0 Å². The third kappa shape index (κ3) is 14.2. The SMILES string of the molecule is CN.O=S(=O)(O)CC(O)CC(O)(O)O. The summed E-state index contributed by atoms with van der Waals surface area (Å²) in [6, 6.07) is 0. The van der Waals surface area contributed by atoms with Gasteiger partial charge in [0.25, 0.3) is 16.1 Å². The van der Waals surface area contributed by atoms with Crippen LogP contribution >= 0.6 is 0 Å². The Morgan fingerprint density at radius 3 is 1.86 bits per heavy atom.